The van der Waals surface area contributed by atoms with Crippen LogP contribution in [0.2, 0.25) is 0 Å². The molecule has 1 aromatic rings. The summed E-state index contributed by atoms with van der Waals surface area (Å²) in [5, 5.41) is 3.22. The maximum atomic E-state index is 13.3. The van der Waals surface area contributed by atoms with Crippen LogP contribution in [0.5, 0.6) is 5.75 Å². The zero-order valence-corrected chi connectivity index (χ0v) is 12.3. The molecule has 1 unspecified atom stereocenters. The van der Waals surface area contributed by atoms with Gasteiger partial charge in [0.15, 0.2) is 11.6 Å². The molecule has 1 atom stereocenters. The van der Waals surface area contributed by atoms with Gasteiger partial charge in [-0.05, 0) is 25.1 Å². The van der Waals surface area contributed by atoms with E-state index in [1.54, 1.807) is 23.1 Å². The van der Waals surface area contributed by atoms with Gasteiger partial charge in [0.2, 0.25) is 5.91 Å². The van der Waals surface area contributed by atoms with Gasteiger partial charge in [-0.2, -0.15) is 0 Å². The molecule has 1 aliphatic rings. The molecule has 0 bridgehead atoms. The fourth-order valence-corrected chi connectivity index (χ4v) is 2.16. The third kappa shape index (κ3) is 4.35. The van der Waals surface area contributed by atoms with Crippen LogP contribution in [0.3, 0.4) is 0 Å². The number of rotatable bonds is 5. The summed E-state index contributed by atoms with van der Waals surface area (Å²) < 4.78 is 18.6. The molecule has 0 spiro atoms. The van der Waals surface area contributed by atoms with Gasteiger partial charge in [0, 0.05) is 19.6 Å². The maximum absolute atomic E-state index is 13.3. The molecule has 112 valence electrons. The minimum atomic E-state index is -0.400. The predicted octanol–water partition coefficient (Wildman–Crippen LogP) is 1.84. The van der Waals surface area contributed by atoms with Gasteiger partial charge in [-0.3, -0.25) is 4.79 Å². The van der Waals surface area contributed by atoms with Gasteiger partial charge in [0.05, 0.1) is 13.0 Å². The molecule has 0 aliphatic carbocycles. The third-order valence-corrected chi connectivity index (χ3v) is 3.39. The molecular weight excluding hydrogens is 283 g/mol. The standard InChI is InChI=1S/C14H19FN2O2.ClH/c1-17(11-6-8-16-10-11)14(18)7-9-19-13-5-3-2-4-12(13)15;/h2-5,11,16H,6-10H2,1H3;1H. The zero-order chi connectivity index (χ0) is 13.7. The van der Waals surface area contributed by atoms with Crippen LogP contribution in [0.25, 0.3) is 0 Å². The largest absolute Gasteiger partial charge is 0.490 e. The first-order valence-corrected chi connectivity index (χ1v) is 6.52. The highest BCUT2D eigenvalue weighted by atomic mass is 35.5. The van der Waals surface area contributed by atoms with Crippen LogP contribution in [0.4, 0.5) is 4.39 Å². The quantitative estimate of drug-likeness (QED) is 0.902. The zero-order valence-electron chi connectivity index (χ0n) is 11.5. The van der Waals surface area contributed by atoms with E-state index in [9.17, 15) is 9.18 Å². The van der Waals surface area contributed by atoms with Crippen molar-refractivity contribution in [2.24, 2.45) is 0 Å². The fraction of sp³-hybridized carbons (Fsp3) is 0.500. The molecule has 4 nitrogen and oxygen atoms in total. The van der Waals surface area contributed by atoms with Gasteiger partial charge >= 0.3 is 0 Å². The van der Waals surface area contributed by atoms with Crippen molar-refractivity contribution in [2.45, 2.75) is 18.9 Å². The molecular formula is C14H20ClFN2O2. The van der Waals surface area contributed by atoms with Gasteiger partial charge in [0.1, 0.15) is 0 Å². The van der Waals surface area contributed by atoms with Crippen molar-refractivity contribution in [2.75, 3.05) is 26.7 Å². The Morgan fingerprint density at radius 3 is 2.90 bits per heavy atom. The highest BCUT2D eigenvalue weighted by Gasteiger charge is 2.22. The minimum absolute atomic E-state index is 0. The lowest BCUT2D eigenvalue weighted by atomic mass is 10.2. The number of benzene rings is 1. The highest BCUT2D eigenvalue weighted by molar-refractivity contribution is 5.85. The van der Waals surface area contributed by atoms with Crippen molar-refractivity contribution in [1.82, 2.24) is 10.2 Å². The Balaban J connectivity index is 0.00000200. The van der Waals surface area contributed by atoms with Crippen molar-refractivity contribution >= 4 is 18.3 Å². The average Bonchev–Trinajstić information content (AvgIpc) is 2.94. The number of halogens is 2. The molecule has 0 aromatic heterocycles. The molecule has 1 saturated heterocycles. The Hall–Kier alpha value is -1.33. The molecule has 20 heavy (non-hydrogen) atoms. The second-order valence-corrected chi connectivity index (χ2v) is 4.68. The minimum Gasteiger partial charge on any atom is -0.490 e. The number of nitrogens with one attached hydrogen (secondary N) is 1. The summed E-state index contributed by atoms with van der Waals surface area (Å²) in [5.74, 6) is -0.172. The first-order valence-electron chi connectivity index (χ1n) is 6.52. The molecule has 1 heterocycles. The van der Waals surface area contributed by atoms with E-state index in [0.29, 0.717) is 0 Å². The first-order chi connectivity index (χ1) is 9.18. The Bertz CT molecular complexity index is 439. The van der Waals surface area contributed by atoms with Crippen LogP contribution < -0.4 is 10.1 Å². The van der Waals surface area contributed by atoms with Gasteiger partial charge in [-0.1, -0.05) is 12.1 Å². The molecule has 0 radical (unpaired) electrons. The summed E-state index contributed by atoms with van der Waals surface area (Å²) in [6.45, 7) is 1.99. The molecule has 1 fully saturated rings. The Kier molecular flexibility index (Phi) is 6.75. The topological polar surface area (TPSA) is 41.6 Å². The molecule has 1 amide bonds. The second-order valence-electron chi connectivity index (χ2n) is 4.68. The predicted molar refractivity (Wildman–Crippen MR) is 77.8 cm³/mol. The highest BCUT2D eigenvalue weighted by Crippen LogP contribution is 2.15. The van der Waals surface area contributed by atoms with E-state index in [4.69, 9.17) is 4.74 Å². The van der Waals surface area contributed by atoms with Gasteiger partial charge in [-0.25, -0.2) is 4.39 Å². The SMILES string of the molecule is CN(C(=O)CCOc1ccccc1F)C1CCNC1.Cl. The Morgan fingerprint density at radius 2 is 2.25 bits per heavy atom. The van der Waals surface area contributed by atoms with Crippen LogP contribution in [-0.2, 0) is 4.79 Å². The number of ether oxygens (including phenoxy) is 1. The summed E-state index contributed by atoms with van der Waals surface area (Å²) >= 11 is 0. The molecule has 0 saturated carbocycles. The molecule has 1 aliphatic heterocycles. The molecule has 1 aromatic carbocycles. The smallest absolute Gasteiger partial charge is 0.226 e. The molecule has 2 rings (SSSR count). The van der Waals surface area contributed by atoms with Crippen LogP contribution in [0.15, 0.2) is 24.3 Å². The number of hydrogen-bond donors (Lipinski definition) is 1. The number of hydrogen-bond acceptors (Lipinski definition) is 3. The van der Waals surface area contributed by atoms with Crippen molar-refractivity contribution in [3.05, 3.63) is 30.1 Å². The van der Waals surface area contributed by atoms with E-state index in [0.717, 1.165) is 19.5 Å². The van der Waals surface area contributed by atoms with Gasteiger partial charge < -0.3 is 15.0 Å². The summed E-state index contributed by atoms with van der Waals surface area (Å²) in [5.41, 5.74) is 0. The first kappa shape index (κ1) is 16.7. The van der Waals surface area contributed by atoms with Gasteiger partial charge in [0.25, 0.3) is 0 Å². The van der Waals surface area contributed by atoms with Gasteiger partial charge in [-0.15, -0.1) is 12.4 Å². The number of carbonyl (C=O) groups excluding carboxylic acids is 1. The van der Waals surface area contributed by atoms with E-state index in [1.165, 1.54) is 6.07 Å². The Labute approximate surface area is 124 Å². The summed E-state index contributed by atoms with van der Waals surface area (Å²) in [4.78, 5) is 13.7. The van der Waals surface area contributed by atoms with Crippen LogP contribution in [-0.4, -0.2) is 43.6 Å². The molecule has 1 N–H and O–H groups in total. The van der Waals surface area contributed by atoms with Crippen LogP contribution >= 0.6 is 12.4 Å². The normalized spacial score (nSPS) is 17.4. The van der Waals surface area contributed by atoms with E-state index >= 15 is 0 Å². The number of amides is 1. The van der Waals surface area contributed by atoms with Crippen LogP contribution in [0.1, 0.15) is 12.8 Å². The third-order valence-electron chi connectivity index (χ3n) is 3.39. The van der Waals surface area contributed by atoms with Crippen LogP contribution in [0, 0.1) is 5.82 Å². The lowest BCUT2D eigenvalue weighted by molar-refractivity contribution is -0.132. The van der Waals surface area contributed by atoms with Crippen molar-refractivity contribution in [3.63, 3.8) is 0 Å². The summed E-state index contributed by atoms with van der Waals surface area (Å²) in [7, 11) is 1.81. The van der Waals surface area contributed by atoms with E-state index in [1.807, 2.05) is 7.05 Å². The van der Waals surface area contributed by atoms with Crippen molar-refractivity contribution < 1.29 is 13.9 Å². The lowest BCUT2D eigenvalue weighted by Crippen LogP contribution is -2.38. The average molecular weight is 303 g/mol. The number of para-hydroxylation sites is 1. The number of nitrogens with zero attached hydrogens (tertiary/aromatic N) is 1. The lowest BCUT2D eigenvalue weighted by Gasteiger charge is -2.23. The summed E-state index contributed by atoms with van der Waals surface area (Å²) in [6.07, 6.45) is 1.25. The molecule has 6 heteroatoms. The number of likely N-dealkylation sites (N-methyl/N-ethyl adjacent to an activating group) is 1. The van der Waals surface area contributed by atoms with Crippen molar-refractivity contribution in [1.29, 1.82) is 0 Å². The fourth-order valence-electron chi connectivity index (χ4n) is 2.16. The Morgan fingerprint density at radius 1 is 1.50 bits per heavy atom. The maximum Gasteiger partial charge on any atom is 0.226 e. The second kappa shape index (κ2) is 8.07. The van der Waals surface area contributed by atoms with E-state index in [2.05, 4.69) is 5.32 Å². The van der Waals surface area contributed by atoms with E-state index < -0.39 is 5.82 Å². The number of carbonyl (C=O) groups is 1. The van der Waals surface area contributed by atoms with E-state index in [-0.39, 0.29) is 43.1 Å². The monoisotopic (exact) mass is 302 g/mol. The summed E-state index contributed by atoms with van der Waals surface area (Å²) in [6, 6.07) is 6.48. The van der Waals surface area contributed by atoms with Crippen molar-refractivity contribution in [3.8, 4) is 5.75 Å².